The summed E-state index contributed by atoms with van der Waals surface area (Å²) in [5.74, 6) is 1.70. The standard InChI is InChI=1S/C13H22N4O/c1-10-14-11(16-15-10)9-17(3)12(18)13(2)7-5-4-6-8-13/h4-9H2,1-3H3,(H,14,15,16). The van der Waals surface area contributed by atoms with Crippen molar-refractivity contribution in [1.82, 2.24) is 20.1 Å². The lowest BCUT2D eigenvalue weighted by molar-refractivity contribution is -0.142. The van der Waals surface area contributed by atoms with E-state index in [-0.39, 0.29) is 11.3 Å². The van der Waals surface area contributed by atoms with Gasteiger partial charge in [-0.2, -0.15) is 5.10 Å². The molecule has 2 rings (SSSR count). The van der Waals surface area contributed by atoms with Crippen LogP contribution in [0, 0.1) is 12.3 Å². The van der Waals surface area contributed by atoms with Gasteiger partial charge in [0.25, 0.3) is 0 Å². The maximum absolute atomic E-state index is 12.5. The summed E-state index contributed by atoms with van der Waals surface area (Å²) >= 11 is 0. The van der Waals surface area contributed by atoms with Gasteiger partial charge in [-0.1, -0.05) is 26.2 Å². The van der Waals surface area contributed by atoms with E-state index in [0.29, 0.717) is 12.4 Å². The molecule has 0 aromatic carbocycles. The first-order valence-electron chi connectivity index (χ1n) is 6.65. The first-order valence-corrected chi connectivity index (χ1v) is 6.65. The van der Waals surface area contributed by atoms with E-state index < -0.39 is 0 Å². The van der Waals surface area contributed by atoms with Crippen LogP contribution in [0.15, 0.2) is 0 Å². The highest BCUT2D eigenvalue weighted by atomic mass is 16.2. The molecule has 1 N–H and O–H groups in total. The van der Waals surface area contributed by atoms with Gasteiger partial charge in [0.15, 0.2) is 5.82 Å². The molecule has 1 heterocycles. The number of aromatic nitrogens is 3. The third kappa shape index (κ3) is 2.71. The summed E-state index contributed by atoms with van der Waals surface area (Å²) in [4.78, 5) is 18.5. The molecule has 5 nitrogen and oxygen atoms in total. The molecule has 18 heavy (non-hydrogen) atoms. The SMILES string of the molecule is Cc1nc(CN(C)C(=O)C2(C)CCCCC2)n[nH]1. The quantitative estimate of drug-likeness (QED) is 0.893. The van der Waals surface area contributed by atoms with Crippen molar-refractivity contribution in [2.75, 3.05) is 7.05 Å². The molecule has 0 unspecified atom stereocenters. The fourth-order valence-electron chi connectivity index (χ4n) is 2.75. The van der Waals surface area contributed by atoms with Gasteiger partial charge < -0.3 is 4.90 Å². The minimum absolute atomic E-state index is 0.182. The van der Waals surface area contributed by atoms with E-state index >= 15 is 0 Å². The summed E-state index contributed by atoms with van der Waals surface area (Å²) in [6, 6.07) is 0. The lowest BCUT2D eigenvalue weighted by Gasteiger charge is -2.35. The summed E-state index contributed by atoms with van der Waals surface area (Å²) in [6.45, 7) is 4.44. The van der Waals surface area contributed by atoms with Gasteiger partial charge in [0.05, 0.1) is 6.54 Å². The molecule has 1 aliphatic rings. The Balaban J connectivity index is 1.99. The number of amides is 1. The van der Waals surface area contributed by atoms with Crippen molar-refractivity contribution >= 4 is 5.91 Å². The minimum atomic E-state index is -0.182. The number of aromatic amines is 1. The number of nitrogens with one attached hydrogen (secondary N) is 1. The van der Waals surface area contributed by atoms with Gasteiger partial charge in [-0.05, 0) is 19.8 Å². The average molecular weight is 250 g/mol. The van der Waals surface area contributed by atoms with Gasteiger partial charge in [0.2, 0.25) is 5.91 Å². The summed E-state index contributed by atoms with van der Waals surface area (Å²) in [6.07, 6.45) is 5.59. The highest BCUT2D eigenvalue weighted by Gasteiger charge is 2.36. The summed E-state index contributed by atoms with van der Waals surface area (Å²) in [5.41, 5.74) is -0.182. The molecule has 0 radical (unpaired) electrons. The molecule has 0 spiro atoms. The van der Waals surface area contributed by atoms with Gasteiger partial charge >= 0.3 is 0 Å². The average Bonchev–Trinajstić information content (AvgIpc) is 2.74. The Morgan fingerprint density at radius 1 is 1.39 bits per heavy atom. The fourth-order valence-corrected chi connectivity index (χ4v) is 2.75. The van der Waals surface area contributed by atoms with Crippen LogP contribution in [0.25, 0.3) is 0 Å². The van der Waals surface area contributed by atoms with Crippen molar-refractivity contribution in [2.24, 2.45) is 5.41 Å². The summed E-state index contributed by atoms with van der Waals surface area (Å²) in [5, 5.41) is 6.88. The van der Waals surface area contributed by atoms with Crippen LogP contribution in [-0.2, 0) is 11.3 Å². The van der Waals surface area contributed by atoms with Crippen molar-refractivity contribution in [3.8, 4) is 0 Å². The van der Waals surface area contributed by atoms with E-state index in [1.807, 2.05) is 14.0 Å². The second-order valence-electron chi connectivity index (χ2n) is 5.62. The predicted octanol–water partition coefficient (Wildman–Crippen LogP) is 2.04. The molecule has 1 aliphatic carbocycles. The number of carbonyl (C=O) groups is 1. The van der Waals surface area contributed by atoms with Crippen LogP contribution in [0.1, 0.15) is 50.7 Å². The molecule has 1 amide bonds. The van der Waals surface area contributed by atoms with Gasteiger partial charge in [-0.15, -0.1) is 0 Å². The number of aryl methyl sites for hydroxylation is 1. The topological polar surface area (TPSA) is 61.9 Å². The Hall–Kier alpha value is -1.39. The molecular weight excluding hydrogens is 228 g/mol. The second-order valence-corrected chi connectivity index (χ2v) is 5.62. The van der Waals surface area contributed by atoms with E-state index in [0.717, 1.165) is 31.5 Å². The monoisotopic (exact) mass is 250 g/mol. The molecule has 1 aromatic rings. The van der Waals surface area contributed by atoms with Crippen LogP contribution >= 0.6 is 0 Å². The zero-order chi connectivity index (χ0) is 13.2. The Bertz CT molecular complexity index is 420. The van der Waals surface area contributed by atoms with Gasteiger partial charge in [-0.25, -0.2) is 4.98 Å². The largest absolute Gasteiger partial charge is 0.338 e. The Morgan fingerprint density at radius 2 is 2.06 bits per heavy atom. The number of H-pyrrole nitrogens is 1. The molecule has 100 valence electrons. The van der Waals surface area contributed by atoms with Crippen LogP contribution in [0.2, 0.25) is 0 Å². The number of hydrogen-bond donors (Lipinski definition) is 1. The number of rotatable bonds is 3. The Kier molecular flexibility index (Phi) is 3.68. The van der Waals surface area contributed by atoms with Crippen molar-refractivity contribution in [3.63, 3.8) is 0 Å². The molecule has 0 atom stereocenters. The third-order valence-electron chi connectivity index (χ3n) is 3.84. The molecule has 1 aromatic heterocycles. The Morgan fingerprint density at radius 3 is 2.61 bits per heavy atom. The van der Waals surface area contributed by atoms with Crippen LogP contribution in [-0.4, -0.2) is 33.0 Å². The number of nitrogens with zero attached hydrogens (tertiary/aromatic N) is 3. The molecule has 0 bridgehead atoms. The fraction of sp³-hybridized carbons (Fsp3) is 0.769. The summed E-state index contributed by atoms with van der Waals surface area (Å²) in [7, 11) is 1.84. The highest BCUT2D eigenvalue weighted by Crippen LogP contribution is 2.37. The smallest absolute Gasteiger partial charge is 0.228 e. The summed E-state index contributed by atoms with van der Waals surface area (Å²) < 4.78 is 0. The zero-order valence-electron chi connectivity index (χ0n) is 11.5. The van der Waals surface area contributed by atoms with Crippen LogP contribution < -0.4 is 0 Å². The van der Waals surface area contributed by atoms with Crippen molar-refractivity contribution < 1.29 is 4.79 Å². The molecule has 5 heteroatoms. The maximum Gasteiger partial charge on any atom is 0.228 e. The number of carbonyl (C=O) groups excluding carboxylic acids is 1. The van der Waals surface area contributed by atoms with Crippen molar-refractivity contribution in [1.29, 1.82) is 0 Å². The van der Waals surface area contributed by atoms with E-state index in [1.165, 1.54) is 6.42 Å². The van der Waals surface area contributed by atoms with Gasteiger partial charge in [-0.3, -0.25) is 9.89 Å². The number of hydrogen-bond acceptors (Lipinski definition) is 3. The molecule has 1 fully saturated rings. The highest BCUT2D eigenvalue weighted by molar-refractivity contribution is 5.82. The molecular formula is C13H22N4O. The Labute approximate surface area is 108 Å². The van der Waals surface area contributed by atoms with Gasteiger partial charge in [0.1, 0.15) is 5.82 Å². The van der Waals surface area contributed by atoms with Crippen molar-refractivity contribution in [3.05, 3.63) is 11.6 Å². The lowest BCUT2D eigenvalue weighted by atomic mass is 9.75. The lowest BCUT2D eigenvalue weighted by Crippen LogP contribution is -2.41. The van der Waals surface area contributed by atoms with Crippen molar-refractivity contribution in [2.45, 2.75) is 52.5 Å². The van der Waals surface area contributed by atoms with Crippen LogP contribution in [0.4, 0.5) is 0 Å². The predicted molar refractivity (Wildman–Crippen MR) is 68.8 cm³/mol. The van der Waals surface area contributed by atoms with Crippen LogP contribution in [0.3, 0.4) is 0 Å². The van der Waals surface area contributed by atoms with E-state index in [9.17, 15) is 4.79 Å². The molecule has 0 aliphatic heterocycles. The normalized spacial score (nSPS) is 18.6. The second kappa shape index (κ2) is 5.08. The first kappa shape index (κ1) is 13.1. The zero-order valence-corrected chi connectivity index (χ0v) is 11.5. The molecule has 1 saturated carbocycles. The van der Waals surface area contributed by atoms with E-state index in [4.69, 9.17) is 0 Å². The third-order valence-corrected chi connectivity index (χ3v) is 3.84. The van der Waals surface area contributed by atoms with Gasteiger partial charge in [0, 0.05) is 12.5 Å². The van der Waals surface area contributed by atoms with Crippen LogP contribution in [0.5, 0.6) is 0 Å². The molecule has 0 saturated heterocycles. The van der Waals surface area contributed by atoms with E-state index in [1.54, 1.807) is 4.90 Å². The first-order chi connectivity index (χ1) is 8.51. The van der Waals surface area contributed by atoms with E-state index in [2.05, 4.69) is 22.1 Å². The minimum Gasteiger partial charge on any atom is -0.338 e. The maximum atomic E-state index is 12.5.